The van der Waals surface area contributed by atoms with Gasteiger partial charge in [0, 0.05) is 18.0 Å². The molecule has 2 rings (SSSR count). The Labute approximate surface area is 171 Å². The van der Waals surface area contributed by atoms with Gasteiger partial charge in [0.15, 0.2) is 0 Å². The first kappa shape index (κ1) is 22.7. The normalized spacial score (nSPS) is 14.2. The van der Waals surface area contributed by atoms with Crippen LogP contribution in [-0.4, -0.2) is 24.2 Å². The highest BCUT2D eigenvalue weighted by Gasteiger charge is 2.40. The highest BCUT2D eigenvalue weighted by atomic mass is 32.1. The fourth-order valence-corrected chi connectivity index (χ4v) is 6.76. The third kappa shape index (κ3) is 4.19. The molecular weight excluding hydrogens is 393 g/mol. The van der Waals surface area contributed by atoms with Crippen LogP contribution in [0.3, 0.4) is 0 Å². The lowest BCUT2D eigenvalue weighted by Gasteiger charge is -2.36. The molecule has 1 N–H and O–H groups in total. The van der Waals surface area contributed by atoms with Gasteiger partial charge in [-0.2, -0.15) is 0 Å². The second-order valence-electron chi connectivity index (χ2n) is 8.31. The lowest BCUT2D eigenvalue weighted by molar-refractivity contribution is 0.0703. The van der Waals surface area contributed by atoms with Crippen molar-refractivity contribution in [2.24, 2.45) is 0 Å². The zero-order valence-electron chi connectivity index (χ0n) is 17.9. The molecule has 0 spiro atoms. The van der Waals surface area contributed by atoms with Crippen molar-refractivity contribution in [1.82, 2.24) is 0 Å². The van der Waals surface area contributed by atoms with E-state index >= 15 is 0 Å². The molecule has 1 unspecified atom stereocenters. The topological polar surface area (TPSA) is 66.8 Å². The van der Waals surface area contributed by atoms with Crippen LogP contribution in [0.1, 0.15) is 60.3 Å². The van der Waals surface area contributed by atoms with Gasteiger partial charge in [0.05, 0.1) is 11.0 Å². The van der Waals surface area contributed by atoms with Crippen LogP contribution in [0.4, 0.5) is 5.69 Å². The Kier molecular flexibility index (Phi) is 6.49. The smallest absolute Gasteiger partial charge is 0.348 e. The molecule has 0 amide bonds. The number of rotatable bonds is 6. The number of hydrogen-bond donors (Lipinski definition) is 1. The number of anilines is 1. The summed E-state index contributed by atoms with van der Waals surface area (Å²) in [7, 11) is -2.10. The van der Waals surface area contributed by atoms with E-state index in [-0.39, 0.29) is 16.3 Å². The van der Waals surface area contributed by atoms with E-state index in [4.69, 9.17) is 4.52 Å². The van der Waals surface area contributed by atoms with Crippen molar-refractivity contribution in [3.8, 4) is 0 Å². The first-order valence-corrected chi connectivity index (χ1v) is 11.6. The van der Waals surface area contributed by atoms with Crippen LogP contribution >= 0.6 is 18.9 Å². The lowest BCUT2D eigenvalue weighted by atomic mass is 9.94. The number of thiophene rings is 1. The molecule has 5 nitrogen and oxygen atoms in total. The van der Waals surface area contributed by atoms with Crippen LogP contribution in [-0.2, 0) is 14.5 Å². The maximum Gasteiger partial charge on any atom is 0.348 e. The summed E-state index contributed by atoms with van der Waals surface area (Å²) in [6.45, 7) is 13.8. The van der Waals surface area contributed by atoms with Gasteiger partial charge in [0.25, 0.3) is 0 Å². The Bertz CT molecular complexity index is 927. The Morgan fingerprint density at radius 1 is 1.21 bits per heavy atom. The second kappa shape index (κ2) is 8.02. The van der Waals surface area contributed by atoms with Crippen LogP contribution in [0.25, 0.3) is 0 Å². The molecule has 0 saturated carbocycles. The van der Waals surface area contributed by atoms with Gasteiger partial charge in [0.1, 0.15) is 4.88 Å². The van der Waals surface area contributed by atoms with Gasteiger partial charge >= 0.3 is 13.5 Å². The molecule has 0 bridgehead atoms. The van der Waals surface area contributed by atoms with E-state index in [1.165, 1.54) is 18.4 Å². The maximum atomic E-state index is 14.2. The average Bonchev–Trinajstić information content (AvgIpc) is 2.99. The SMILES string of the molecule is COP(=O)(c1ccc(C)cc1C)N(c1cc(C(C)(C)C)sc1C(=O)O)C(C)C. The van der Waals surface area contributed by atoms with Gasteiger partial charge < -0.3 is 9.63 Å². The zero-order valence-corrected chi connectivity index (χ0v) is 19.6. The van der Waals surface area contributed by atoms with Crippen molar-refractivity contribution in [3.05, 3.63) is 45.1 Å². The van der Waals surface area contributed by atoms with Crippen molar-refractivity contribution in [3.63, 3.8) is 0 Å². The first-order chi connectivity index (χ1) is 12.8. The van der Waals surface area contributed by atoms with E-state index in [0.29, 0.717) is 11.0 Å². The molecule has 28 heavy (non-hydrogen) atoms. The van der Waals surface area contributed by atoms with Crippen LogP contribution < -0.4 is 9.97 Å². The minimum Gasteiger partial charge on any atom is -0.477 e. The van der Waals surface area contributed by atoms with Crippen molar-refractivity contribution >= 4 is 35.8 Å². The molecule has 0 fully saturated rings. The van der Waals surface area contributed by atoms with Gasteiger partial charge in [-0.05, 0) is 50.8 Å². The number of aromatic carboxylic acids is 1. The van der Waals surface area contributed by atoms with Crippen molar-refractivity contribution in [2.45, 2.75) is 59.9 Å². The number of carbonyl (C=O) groups is 1. The van der Waals surface area contributed by atoms with Crippen molar-refractivity contribution in [1.29, 1.82) is 0 Å². The van der Waals surface area contributed by atoms with Crippen LogP contribution in [0, 0.1) is 13.8 Å². The molecule has 1 heterocycles. The Morgan fingerprint density at radius 3 is 2.25 bits per heavy atom. The summed E-state index contributed by atoms with van der Waals surface area (Å²) >= 11 is 1.23. The summed E-state index contributed by atoms with van der Waals surface area (Å²) in [5, 5.41) is 10.4. The molecular formula is C21H30NO4PS. The van der Waals surface area contributed by atoms with Gasteiger partial charge in [0.2, 0.25) is 0 Å². The Morgan fingerprint density at radius 2 is 1.82 bits per heavy atom. The van der Waals surface area contributed by atoms with Crippen LogP contribution in [0.15, 0.2) is 24.3 Å². The molecule has 2 aromatic rings. The first-order valence-electron chi connectivity index (χ1n) is 9.23. The zero-order chi connectivity index (χ0) is 21.4. The van der Waals surface area contributed by atoms with E-state index in [1.807, 2.05) is 72.7 Å². The summed E-state index contributed by atoms with van der Waals surface area (Å²) in [6, 6.07) is 7.31. The molecule has 0 saturated heterocycles. The molecule has 7 heteroatoms. The summed E-state index contributed by atoms with van der Waals surface area (Å²) < 4.78 is 21.5. The lowest BCUT2D eigenvalue weighted by Crippen LogP contribution is -2.34. The molecule has 0 aliphatic carbocycles. The highest BCUT2D eigenvalue weighted by molar-refractivity contribution is 7.68. The molecule has 154 valence electrons. The van der Waals surface area contributed by atoms with Gasteiger partial charge in [-0.15, -0.1) is 11.3 Å². The standard InChI is InChI=1S/C21H30NO4PS/c1-13(2)22(16-12-18(21(5,6)7)28-19(16)20(23)24)27(25,26-8)17-10-9-14(3)11-15(17)4/h9-13H,1-8H3,(H,23,24). The predicted octanol–water partition coefficient (Wildman–Crippen LogP) is 5.74. The Balaban J connectivity index is 2.79. The molecule has 1 aromatic heterocycles. The molecule has 1 aromatic carbocycles. The number of hydrogen-bond acceptors (Lipinski definition) is 4. The van der Waals surface area contributed by atoms with Crippen molar-refractivity contribution < 1.29 is 19.0 Å². The summed E-state index contributed by atoms with van der Waals surface area (Å²) in [5.74, 6) is -1.02. The fourth-order valence-electron chi connectivity index (χ4n) is 3.22. The highest BCUT2D eigenvalue weighted by Crippen LogP contribution is 2.55. The second-order valence-corrected chi connectivity index (χ2v) is 11.7. The molecule has 0 aliphatic rings. The van der Waals surface area contributed by atoms with Gasteiger partial charge in [-0.3, -0.25) is 9.24 Å². The van der Waals surface area contributed by atoms with Gasteiger partial charge in [-0.25, -0.2) is 4.79 Å². The largest absolute Gasteiger partial charge is 0.477 e. The number of carboxylic acids is 1. The van der Waals surface area contributed by atoms with Crippen LogP contribution in [0.2, 0.25) is 0 Å². The van der Waals surface area contributed by atoms with E-state index in [9.17, 15) is 14.5 Å². The summed E-state index contributed by atoms with van der Waals surface area (Å²) in [6.07, 6.45) is 0. The third-order valence-corrected chi connectivity index (χ3v) is 8.96. The van der Waals surface area contributed by atoms with Crippen LogP contribution in [0.5, 0.6) is 0 Å². The maximum absolute atomic E-state index is 14.2. The molecule has 0 aliphatic heterocycles. The minimum absolute atomic E-state index is 0.181. The van der Waals surface area contributed by atoms with E-state index in [2.05, 4.69) is 0 Å². The Hall–Kier alpha value is -1.62. The van der Waals surface area contributed by atoms with E-state index in [1.54, 1.807) is 4.67 Å². The average molecular weight is 424 g/mol. The quantitative estimate of drug-likeness (QED) is 0.600. The molecule has 1 atom stereocenters. The minimum atomic E-state index is -3.53. The number of nitrogens with zero attached hydrogens (tertiary/aromatic N) is 1. The van der Waals surface area contributed by atoms with E-state index < -0.39 is 13.5 Å². The molecule has 0 radical (unpaired) electrons. The van der Waals surface area contributed by atoms with Crippen molar-refractivity contribution in [2.75, 3.05) is 11.8 Å². The third-order valence-electron chi connectivity index (χ3n) is 4.57. The number of benzene rings is 1. The number of aryl methyl sites for hydroxylation is 2. The van der Waals surface area contributed by atoms with Gasteiger partial charge in [-0.1, -0.05) is 38.5 Å². The summed E-state index contributed by atoms with van der Waals surface area (Å²) in [5.41, 5.74) is 2.16. The monoisotopic (exact) mass is 423 g/mol. The number of carboxylic acid groups (broad SMARTS) is 1. The summed E-state index contributed by atoms with van der Waals surface area (Å²) in [4.78, 5) is 13.1. The fraction of sp³-hybridized carbons (Fsp3) is 0.476. The van der Waals surface area contributed by atoms with E-state index in [0.717, 1.165) is 16.0 Å². The predicted molar refractivity (Wildman–Crippen MR) is 118 cm³/mol.